The number of aryl methyl sites for hydroxylation is 1. The Morgan fingerprint density at radius 2 is 1.65 bits per heavy atom. The minimum absolute atomic E-state index is 0.415. The van der Waals surface area contributed by atoms with Gasteiger partial charge in [-0.25, -0.2) is 4.79 Å². The fourth-order valence-corrected chi connectivity index (χ4v) is 2.00. The van der Waals surface area contributed by atoms with Crippen molar-refractivity contribution in [3.63, 3.8) is 0 Å². The second-order valence-electron chi connectivity index (χ2n) is 5.05. The number of carbonyl (C=O) groups excluding carboxylic acids is 1. The van der Waals surface area contributed by atoms with Gasteiger partial charge < -0.3 is 0 Å². The van der Waals surface area contributed by atoms with Crippen LogP contribution >= 0.6 is 0 Å². The predicted octanol–water partition coefficient (Wildman–Crippen LogP) is 4.70. The zero-order valence-electron chi connectivity index (χ0n) is 12.7. The van der Waals surface area contributed by atoms with Gasteiger partial charge in [0.15, 0.2) is 0 Å². The van der Waals surface area contributed by atoms with E-state index >= 15 is 0 Å². The van der Waals surface area contributed by atoms with Gasteiger partial charge in [-0.3, -0.25) is 4.89 Å². The van der Waals surface area contributed by atoms with Gasteiger partial charge in [0.2, 0.25) is 0 Å². The lowest BCUT2D eigenvalue weighted by molar-refractivity contribution is -0.241. The smallest absolute Gasteiger partial charge is 0.293 e. The first-order valence-electron chi connectivity index (χ1n) is 7.70. The minimum atomic E-state index is -0.415. The monoisotopic (exact) mass is 278 g/mol. The number of benzene rings is 1. The predicted molar refractivity (Wildman–Crippen MR) is 80.6 cm³/mol. The third kappa shape index (κ3) is 6.71. The summed E-state index contributed by atoms with van der Waals surface area (Å²) >= 11 is 0. The molecule has 0 aliphatic heterocycles. The SMILES string of the molecule is CCCCCCCOOC(=O)c1ccc(CCC)cc1. The summed E-state index contributed by atoms with van der Waals surface area (Å²) in [6.07, 6.45) is 7.88. The minimum Gasteiger partial charge on any atom is -0.293 e. The van der Waals surface area contributed by atoms with Crippen molar-refractivity contribution in [2.24, 2.45) is 0 Å². The average molecular weight is 278 g/mol. The molecule has 0 atom stereocenters. The molecule has 0 N–H and O–H groups in total. The molecule has 1 rings (SSSR count). The first-order valence-corrected chi connectivity index (χ1v) is 7.70. The fraction of sp³-hybridized carbons (Fsp3) is 0.588. The highest BCUT2D eigenvalue weighted by Gasteiger charge is 2.07. The van der Waals surface area contributed by atoms with Crippen molar-refractivity contribution in [1.29, 1.82) is 0 Å². The van der Waals surface area contributed by atoms with Crippen molar-refractivity contribution in [3.8, 4) is 0 Å². The van der Waals surface area contributed by atoms with E-state index in [1.807, 2.05) is 12.1 Å². The van der Waals surface area contributed by atoms with Crippen LogP contribution in [0.4, 0.5) is 0 Å². The summed E-state index contributed by atoms with van der Waals surface area (Å²) in [5.74, 6) is -0.415. The average Bonchev–Trinajstić information content (AvgIpc) is 2.47. The van der Waals surface area contributed by atoms with E-state index < -0.39 is 5.97 Å². The van der Waals surface area contributed by atoms with Crippen LogP contribution in [0.3, 0.4) is 0 Å². The highest BCUT2D eigenvalue weighted by molar-refractivity contribution is 5.88. The molecule has 0 aliphatic carbocycles. The van der Waals surface area contributed by atoms with E-state index in [1.165, 1.54) is 24.8 Å². The van der Waals surface area contributed by atoms with Crippen molar-refractivity contribution in [1.82, 2.24) is 0 Å². The van der Waals surface area contributed by atoms with E-state index in [-0.39, 0.29) is 0 Å². The van der Waals surface area contributed by atoms with Gasteiger partial charge in [-0.15, -0.1) is 0 Å². The van der Waals surface area contributed by atoms with Crippen LogP contribution in [0.1, 0.15) is 68.3 Å². The van der Waals surface area contributed by atoms with Gasteiger partial charge in [0.25, 0.3) is 0 Å². The maximum Gasteiger partial charge on any atom is 0.373 e. The summed E-state index contributed by atoms with van der Waals surface area (Å²) in [4.78, 5) is 21.5. The van der Waals surface area contributed by atoms with Gasteiger partial charge >= 0.3 is 5.97 Å². The molecular weight excluding hydrogens is 252 g/mol. The van der Waals surface area contributed by atoms with Crippen molar-refractivity contribution in [3.05, 3.63) is 35.4 Å². The molecule has 0 heterocycles. The summed E-state index contributed by atoms with van der Waals surface area (Å²) in [7, 11) is 0. The number of rotatable bonds is 10. The highest BCUT2D eigenvalue weighted by Crippen LogP contribution is 2.08. The molecule has 3 heteroatoms. The number of hydrogen-bond acceptors (Lipinski definition) is 3. The Bertz CT molecular complexity index is 370. The molecule has 0 aromatic heterocycles. The molecule has 0 bridgehead atoms. The number of unbranched alkanes of at least 4 members (excludes halogenated alkanes) is 4. The Morgan fingerprint density at radius 3 is 2.30 bits per heavy atom. The van der Waals surface area contributed by atoms with Crippen molar-refractivity contribution >= 4 is 5.97 Å². The van der Waals surface area contributed by atoms with Crippen LogP contribution in [-0.4, -0.2) is 12.6 Å². The van der Waals surface area contributed by atoms with Crippen LogP contribution in [-0.2, 0) is 16.2 Å². The van der Waals surface area contributed by atoms with E-state index in [0.717, 1.165) is 25.7 Å². The second-order valence-corrected chi connectivity index (χ2v) is 5.05. The molecule has 0 aliphatic rings. The molecule has 1 aromatic carbocycles. The van der Waals surface area contributed by atoms with Gasteiger partial charge in [-0.05, 0) is 30.5 Å². The molecule has 0 fully saturated rings. The maximum atomic E-state index is 11.7. The summed E-state index contributed by atoms with van der Waals surface area (Å²) in [5.41, 5.74) is 1.77. The molecule has 0 amide bonds. The van der Waals surface area contributed by atoms with Crippen molar-refractivity contribution in [2.45, 2.75) is 58.8 Å². The van der Waals surface area contributed by atoms with Crippen LogP contribution in [0.5, 0.6) is 0 Å². The molecule has 0 spiro atoms. The van der Waals surface area contributed by atoms with Gasteiger partial charge in [0.05, 0.1) is 12.2 Å². The van der Waals surface area contributed by atoms with E-state index in [4.69, 9.17) is 9.78 Å². The molecule has 1 aromatic rings. The molecule has 20 heavy (non-hydrogen) atoms. The van der Waals surface area contributed by atoms with Gasteiger partial charge in [-0.1, -0.05) is 58.1 Å². The lowest BCUT2D eigenvalue weighted by atomic mass is 10.1. The molecular formula is C17H26O3. The largest absolute Gasteiger partial charge is 0.373 e. The normalized spacial score (nSPS) is 10.5. The number of hydrogen-bond donors (Lipinski definition) is 0. The first kappa shape index (κ1) is 16.7. The van der Waals surface area contributed by atoms with Crippen LogP contribution in [0.25, 0.3) is 0 Å². The van der Waals surface area contributed by atoms with Crippen LogP contribution in [0.15, 0.2) is 24.3 Å². The molecule has 112 valence electrons. The first-order chi connectivity index (χ1) is 9.77. The Morgan fingerprint density at radius 1 is 0.950 bits per heavy atom. The fourth-order valence-electron chi connectivity index (χ4n) is 2.00. The lowest BCUT2D eigenvalue weighted by Gasteiger charge is -2.04. The van der Waals surface area contributed by atoms with E-state index in [2.05, 4.69) is 13.8 Å². The quantitative estimate of drug-likeness (QED) is 0.353. The zero-order valence-corrected chi connectivity index (χ0v) is 12.7. The number of carbonyl (C=O) groups is 1. The van der Waals surface area contributed by atoms with E-state index in [0.29, 0.717) is 12.2 Å². The van der Waals surface area contributed by atoms with E-state index in [1.54, 1.807) is 12.1 Å². The van der Waals surface area contributed by atoms with Gasteiger partial charge in [-0.2, -0.15) is 4.89 Å². The second kappa shape index (κ2) is 10.4. The van der Waals surface area contributed by atoms with Gasteiger partial charge in [0.1, 0.15) is 0 Å². The lowest BCUT2D eigenvalue weighted by Crippen LogP contribution is -2.07. The van der Waals surface area contributed by atoms with Crippen molar-refractivity contribution in [2.75, 3.05) is 6.61 Å². The third-order valence-electron chi connectivity index (χ3n) is 3.19. The van der Waals surface area contributed by atoms with Crippen molar-refractivity contribution < 1.29 is 14.6 Å². The van der Waals surface area contributed by atoms with Crippen LogP contribution < -0.4 is 0 Å². The highest BCUT2D eigenvalue weighted by atomic mass is 17.2. The van der Waals surface area contributed by atoms with Crippen LogP contribution in [0, 0.1) is 0 Å². The Kier molecular flexibility index (Phi) is 8.72. The summed E-state index contributed by atoms with van der Waals surface area (Å²) < 4.78 is 0. The topological polar surface area (TPSA) is 35.5 Å². The summed E-state index contributed by atoms with van der Waals surface area (Å²) in [6.45, 7) is 4.80. The zero-order chi connectivity index (χ0) is 14.6. The maximum absolute atomic E-state index is 11.7. The van der Waals surface area contributed by atoms with Gasteiger partial charge in [0, 0.05) is 0 Å². The molecule has 0 radical (unpaired) electrons. The molecule has 0 saturated heterocycles. The summed E-state index contributed by atoms with van der Waals surface area (Å²) in [6, 6.07) is 7.51. The Balaban J connectivity index is 2.18. The molecule has 0 unspecified atom stereocenters. The van der Waals surface area contributed by atoms with E-state index in [9.17, 15) is 4.79 Å². The Labute approximate surface area is 122 Å². The van der Waals surface area contributed by atoms with Crippen LogP contribution in [0.2, 0.25) is 0 Å². The standard InChI is InChI=1S/C17H26O3/c1-3-5-6-7-8-14-19-20-17(18)16-12-10-15(9-4-2)11-13-16/h10-13H,3-9,14H2,1-2H3. The molecule has 3 nitrogen and oxygen atoms in total. The third-order valence-corrected chi connectivity index (χ3v) is 3.19. The summed E-state index contributed by atoms with van der Waals surface area (Å²) in [5, 5.41) is 0. The Hall–Kier alpha value is -1.35. The molecule has 0 saturated carbocycles.